The quantitative estimate of drug-likeness (QED) is 0.323. The maximum absolute atomic E-state index is 11.0. The van der Waals surface area contributed by atoms with Crippen LogP contribution in [0.5, 0.6) is 0 Å². The van der Waals surface area contributed by atoms with Crippen LogP contribution in [0.4, 0.5) is 0 Å². The lowest BCUT2D eigenvalue weighted by Crippen LogP contribution is -2.23. The Hall–Kier alpha value is -0.360. The van der Waals surface area contributed by atoms with Crippen molar-refractivity contribution in [3.05, 3.63) is 0 Å². The lowest BCUT2D eigenvalue weighted by atomic mass is 10.3. The molecule has 4 nitrogen and oxygen atoms in total. The van der Waals surface area contributed by atoms with Gasteiger partial charge in [0.25, 0.3) is 0 Å². The van der Waals surface area contributed by atoms with E-state index in [0.717, 1.165) is 11.8 Å². The van der Waals surface area contributed by atoms with E-state index in [1.54, 1.807) is 6.26 Å². The van der Waals surface area contributed by atoms with Gasteiger partial charge >= 0.3 is 0 Å². The maximum atomic E-state index is 11.0. The lowest BCUT2D eigenvalue weighted by Gasteiger charge is -1.97. The molecular weight excluding hydrogens is 246 g/mol. The molecule has 0 N–H and O–H groups in total. The summed E-state index contributed by atoms with van der Waals surface area (Å²) >= 11 is 3.86. The summed E-state index contributed by atoms with van der Waals surface area (Å²) in [6.45, 7) is 0. The highest BCUT2D eigenvalue weighted by Crippen LogP contribution is 2.00. The van der Waals surface area contributed by atoms with Crippen LogP contribution in [-0.2, 0) is 14.4 Å². The monoisotopic (exact) mass is 253 g/mol. The zero-order valence-corrected chi connectivity index (χ0v) is 9.07. The number of hydrogen-bond donors (Lipinski definition) is 0. The van der Waals surface area contributed by atoms with Gasteiger partial charge in [0.05, 0.1) is 5.33 Å². The number of halogens is 1. The number of carbonyl (C=O) groups excluding carboxylic acids is 2. The van der Waals surface area contributed by atoms with E-state index in [1.165, 1.54) is 7.11 Å². The van der Waals surface area contributed by atoms with Crippen molar-refractivity contribution in [3.8, 4) is 0 Å². The second kappa shape index (κ2) is 6.19. The average Bonchev–Trinajstić information content (AvgIpc) is 2.11. The van der Waals surface area contributed by atoms with Gasteiger partial charge < -0.3 is 4.84 Å². The molecule has 0 unspecified atom stereocenters. The van der Waals surface area contributed by atoms with Crippen molar-refractivity contribution in [2.24, 2.45) is 5.16 Å². The summed E-state index contributed by atoms with van der Waals surface area (Å²) in [6.07, 6.45) is 1.58. The van der Waals surface area contributed by atoms with Gasteiger partial charge in [-0.25, -0.2) is 0 Å². The van der Waals surface area contributed by atoms with Crippen molar-refractivity contribution in [2.75, 3.05) is 18.7 Å². The first-order chi connectivity index (χ1) is 5.67. The summed E-state index contributed by atoms with van der Waals surface area (Å²) in [5.74, 6) is -0.379. The van der Waals surface area contributed by atoms with Crippen LogP contribution in [0.15, 0.2) is 5.16 Å². The molecule has 0 fully saturated rings. The number of ketones is 1. The van der Waals surface area contributed by atoms with Gasteiger partial charge in [-0.3, -0.25) is 9.59 Å². The molecule has 0 bridgehead atoms. The SMILES string of the molecule is CON=C(C(=O)CBr)C(=O)SC. The first-order valence-corrected chi connectivity index (χ1v) is 5.30. The van der Waals surface area contributed by atoms with Crippen molar-refractivity contribution in [2.45, 2.75) is 0 Å². The van der Waals surface area contributed by atoms with Crippen molar-refractivity contribution in [3.63, 3.8) is 0 Å². The summed E-state index contributed by atoms with van der Waals surface area (Å²) in [5, 5.41) is 3.02. The van der Waals surface area contributed by atoms with E-state index in [4.69, 9.17) is 0 Å². The van der Waals surface area contributed by atoms with Gasteiger partial charge in [-0.1, -0.05) is 32.8 Å². The standard InChI is InChI=1S/C6H8BrNO3S/c1-11-8-5(4(9)3-7)6(10)12-2/h3H2,1-2H3. The number of alkyl halides is 1. The van der Waals surface area contributed by atoms with E-state index in [-0.39, 0.29) is 21.9 Å². The Balaban J connectivity index is 4.55. The molecule has 0 rings (SSSR count). The van der Waals surface area contributed by atoms with Crippen LogP contribution in [0.3, 0.4) is 0 Å². The smallest absolute Gasteiger partial charge is 0.244 e. The molecule has 6 heteroatoms. The van der Waals surface area contributed by atoms with Gasteiger partial charge in [0.15, 0.2) is 11.5 Å². The summed E-state index contributed by atoms with van der Waals surface area (Å²) in [7, 11) is 1.29. The molecule has 0 aliphatic rings. The number of oxime groups is 1. The third-order valence-electron chi connectivity index (χ3n) is 0.947. The largest absolute Gasteiger partial charge is 0.398 e. The van der Waals surface area contributed by atoms with E-state index < -0.39 is 0 Å². The van der Waals surface area contributed by atoms with Crippen LogP contribution in [-0.4, -0.2) is 35.3 Å². The van der Waals surface area contributed by atoms with Crippen LogP contribution in [0.2, 0.25) is 0 Å². The number of rotatable bonds is 4. The van der Waals surface area contributed by atoms with E-state index in [2.05, 4.69) is 25.9 Å². The predicted octanol–water partition coefficient (Wildman–Crippen LogP) is 0.842. The Labute approximate surface area is 82.8 Å². The number of Topliss-reactive ketones (excluding diaryl/α,β-unsaturated/α-hetero) is 1. The lowest BCUT2D eigenvalue weighted by molar-refractivity contribution is -0.112. The molecule has 0 aliphatic heterocycles. The highest BCUT2D eigenvalue weighted by atomic mass is 79.9. The molecule has 0 amide bonds. The molecule has 0 spiro atoms. The van der Waals surface area contributed by atoms with E-state index >= 15 is 0 Å². The summed E-state index contributed by atoms with van der Waals surface area (Å²) in [4.78, 5) is 26.4. The highest BCUT2D eigenvalue weighted by Gasteiger charge is 2.18. The van der Waals surface area contributed by atoms with Crippen LogP contribution < -0.4 is 0 Å². The van der Waals surface area contributed by atoms with Gasteiger partial charge in [-0.05, 0) is 6.26 Å². The normalized spacial score (nSPS) is 11.1. The molecule has 0 radical (unpaired) electrons. The van der Waals surface area contributed by atoms with Gasteiger partial charge in [0.2, 0.25) is 5.12 Å². The van der Waals surface area contributed by atoms with Crippen molar-refractivity contribution < 1.29 is 14.4 Å². The summed E-state index contributed by atoms with van der Waals surface area (Å²) < 4.78 is 0. The fourth-order valence-electron chi connectivity index (χ4n) is 0.453. The third kappa shape index (κ3) is 3.36. The van der Waals surface area contributed by atoms with Gasteiger partial charge in [-0.2, -0.15) is 0 Å². The van der Waals surface area contributed by atoms with Crippen molar-refractivity contribution in [1.82, 2.24) is 0 Å². The number of nitrogens with zero attached hydrogens (tertiary/aromatic N) is 1. The highest BCUT2D eigenvalue weighted by molar-refractivity contribution is 9.09. The van der Waals surface area contributed by atoms with Crippen LogP contribution >= 0.6 is 27.7 Å². The summed E-state index contributed by atoms with van der Waals surface area (Å²) in [5.41, 5.74) is -0.165. The van der Waals surface area contributed by atoms with E-state index in [9.17, 15) is 9.59 Å². The predicted molar refractivity (Wildman–Crippen MR) is 51.8 cm³/mol. The van der Waals surface area contributed by atoms with Crippen LogP contribution in [0.25, 0.3) is 0 Å². The van der Waals surface area contributed by atoms with E-state index in [1.807, 2.05) is 0 Å². The fourth-order valence-corrected chi connectivity index (χ4v) is 1.06. The topological polar surface area (TPSA) is 55.7 Å². The van der Waals surface area contributed by atoms with Crippen molar-refractivity contribution >= 4 is 44.3 Å². The minimum absolute atomic E-state index is 0.0709. The molecule has 0 heterocycles. The Morgan fingerprint density at radius 1 is 1.58 bits per heavy atom. The molecule has 0 aliphatic carbocycles. The molecular formula is C6H8BrNO3S. The fraction of sp³-hybridized carbons (Fsp3) is 0.500. The Morgan fingerprint density at radius 2 is 2.17 bits per heavy atom. The summed E-state index contributed by atoms with van der Waals surface area (Å²) in [6, 6.07) is 0. The Kier molecular flexibility index (Phi) is 6.00. The Morgan fingerprint density at radius 3 is 2.50 bits per heavy atom. The zero-order chi connectivity index (χ0) is 9.56. The molecule has 0 aromatic heterocycles. The molecule has 0 aromatic carbocycles. The van der Waals surface area contributed by atoms with Crippen molar-refractivity contribution in [1.29, 1.82) is 0 Å². The third-order valence-corrected chi connectivity index (χ3v) is 2.02. The minimum Gasteiger partial charge on any atom is -0.398 e. The van der Waals surface area contributed by atoms with Crippen LogP contribution in [0, 0.1) is 0 Å². The maximum Gasteiger partial charge on any atom is 0.244 e. The van der Waals surface area contributed by atoms with Crippen LogP contribution in [0.1, 0.15) is 0 Å². The minimum atomic E-state index is -0.388. The molecule has 12 heavy (non-hydrogen) atoms. The average molecular weight is 254 g/mol. The molecule has 0 saturated carbocycles. The second-order valence-electron chi connectivity index (χ2n) is 1.67. The zero-order valence-electron chi connectivity index (χ0n) is 6.67. The molecule has 0 aromatic rings. The van der Waals surface area contributed by atoms with Gasteiger partial charge in [0, 0.05) is 0 Å². The number of hydrogen-bond acceptors (Lipinski definition) is 5. The first kappa shape index (κ1) is 11.6. The number of carbonyl (C=O) groups is 2. The molecule has 0 saturated heterocycles. The molecule has 0 atom stereocenters. The van der Waals surface area contributed by atoms with E-state index in [0.29, 0.717) is 0 Å². The number of thioether (sulfide) groups is 1. The van der Waals surface area contributed by atoms with Gasteiger partial charge in [0.1, 0.15) is 7.11 Å². The van der Waals surface area contributed by atoms with Gasteiger partial charge in [-0.15, -0.1) is 0 Å². The molecule has 68 valence electrons. The first-order valence-electron chi connectivity index (χ1n) is 2.96. The second-order valence-corrected chi connectivity index (χ2v) is 3.01. The Bertz CT molecular complexity index is 199.